The van der Waals surface area contributed by atoms with Gasteiger partial charge in [0.1, 0.15) is 0 Å². The van der Waals surface area contributed by atoms with Gasteiger partial charge in [-0.1, -0.05) is 0 Å². The van der Waals surface area contributed by atoms with E-state index >= 15 is 0 Å². The highest BCUT2D eigenvalue weighted by Crippen LogP contribution is 2.12. The second kappa shape index (κ2) is 2.19. The molecule has 0 saturated heterocycles. The summed E-state index contributed by atoms with van der Waals surface area (Å²) in [4.78, 5) is 10.5. The summed E-state index contributed by atoms with van der Waals surface area (Å²) in [5, 5.41) is 17.6. The first-order valence-corrected chi connectivity index (χ1v) is 2.79. The zero-order chi connectivity index (χ0) is 6.85. The van der Waals surface area contributed by atoms with Crippen LogP contribution in [0.2, 0.25) is 0 Å². The number of hydrogen-bond donors (Lipinski definition) is 2. The van der Waals surface area contributed by atoms with Gasteiger partial charge in [-0.3, -0.25) is 4.79 Å². The minimum absolute atomic E-state index is 0.0150. The van der Waals surface area contributed by atoms with Crippen LogP contribution in [0.15, 0.2) is 11.8 Å². The minimum atomic E-state index is -0.678. The Hall–Kier alpha value is -0.830. The third kappa shape index (κ3) is 1.54. The van der Waals surface area contributed by atoms with E-state index in [1.165, 1.54) is 0 Å². The largest absolute Gasteiger partial charge is 0.512 e. The molecule has 1 unspecified atom stereocenters. The average molecular weight is 128 g/mol. The summed E-state index contributed by atoms with van der Waals surface area (Å²) in [6, 6.07) is 0. The molecule has 1 rings (SSSR count). The fourth-order valence-corrected chi connectivity index (χ4v) is 0.849. The summed E-state index contributed by atoms with van der Waals surface area (Å²) in [5.41, 5.74) is 0. The molecule has 9 heavy (non-hydrogen) atoms. The van der Waals surface area contributed by atoms with E-state index in [9.17, 15) is 4.79 Å². The number of aliphatic hydroxyl groups is 2. The zero-order valence-corrected chi connectivity index (χ0v) is 4.87. The van der Waals surface area contributed by atoms with Crippen molar-refractivity contribution >= 4 is 5.78 Å². The summed E-state index contributed by atoms with van der Waals surface area (Å²) in [7, 11) is 0. The van der Waals surface area contributed by atoms with Gasteiger partial charge in [0, 0.05) is 18.9 Å². The molecule has 0 bridgehead atoms. The van der Waals surface area contributed by atoms with Crippen molar-refractivity contribution in [2.75, 3.05) is 0 Å². The number of ketones is 1. The third-order valence-electron chi connectivity index (χ3n) is 1.21. The van der Waals surface area contributed by atoms with Gasteiger partial charge in [-0.2, -0.15) is 0 Å². The molecule has 1 atom stereocenters. The van der Waals surface area contributed by atoms with Gasteiger partial charge >= 0.3 is 0 Å². The second-order valence-electron chi connectivity index (χ2n) is 2.16. The van der Waals surface area contributed by atoms with Gasteiger partial charge in [-0.05, 0) is 0 Å². The molecule has 0 radical (unpaired) electrons. The van der Waals surface area contributed by atoms with E-state index in [2.05, 4.69) is 0 Å². The van der Waals surface area contributed by atoms with Crippen LogP contribution < -0.4 is 0 Å². The lowest BCUT2D eigenvalue weighted by Crippen LogP contribution is -2.17. The standard InChI is InChI=1S/C6H8O3/c7-4-1-5(8)3-6(9)2-4/h1,6-7,9H,2-3H2. The van der Waals surface area contributed by atoms with Crippen LogP contribution in [0.3, 0.4) is 0 Å². The second-order valence-corrected chi connectivity index (χ2v) is 2.16. The topological polar surface area (TPSA) is 57.5 Å². The van der Waals surface area contributed by atoms with Crippen molar-refractivity contribution in [2.45, 2.75) is 18.9 Å². The van der Waals surface area contributed by atoms with Crippen LogP contribution in [0.4, 0.5) is 0 Å². The van der Waals surface area contributed by atoms with Crippen molar-refractivity contribution in [3.05, 3.63) is 11.8 Å². The molecule has 1 aliphatic carbocycles. The fraction of sp³-hybridized carbons (Fsp3) is 0.500. The van der Waals surface area contributed by atoms with Gasteiger partial charge in [0.25, 0.3) is 0 Å². The Labute approximate surface area is 52.6 Å². The number of carbonyl (C=O) groups excluding carboxylic acids is 1. The van der Waals surface area contributed by atoms with Gasteiger partial charge in [0.05, 0.1) is 11.9 Å². The molecule has 0 aliphatic heterocycles. The summed E-state index contributed by atoms with van der Waals surface area (Å²) in [6.07, 6.45) is 0.838. The van der Waals surface area contributed by atoms with Crippen LogP contribution in [-0.2, 0) is 4.79 Å². The van der Waals surface area contributed by atoms with Gasteiger partial charge in [-0.25, -0.2) is 0 Å². The van der Waals surface area contributed by atoms with E-state index < -0.39 is 6.10 Å². The normalized spacial score (nSPS) is 27.9. The predicted octanol–water partition coefficient (Wildman–Crippen LogP) is 0.152. The van der Waals surface area contributed by atoms with Crippen LogP contribution in [0.25, 0.3) is 0 Å². The number of aliphatic hydroxyl groups excluding tert-OH is 2. The Morgan fingerprint density at radius 2 is 2.22 bits per heavy atom. The van der Waals surface area contributed by atoms with Gasteiger partial charge < -0.3 is 10.2 Å². The fourth-order valence-electron chi connectivity index (χ4n) is 0.849. The number of carbonyl (C=O) groups is 1. The van der Waals surface area contributed by atoms with E-state index in [-0.39, 0.29) is 24.4 Å². The van der Waals surface area contributed by atoms with E-state index in [1.54, 1.807) is 0 Å². The summed E-state index contributed by atoms with van der Waals surface area (Å²) in [6.45, 7) is 0. The summed E-state index contributed by atoms with van der Waals surface area (Å²) >= 11 is 0. The Morgan fingerprint density at radius 1 is 1.56 bits per heavy atom. The number of rotatable bonds is 0. The molecule has 0 aromatic heterocycles. The van der Waals surface area contributed by atoms with Crippen LogP contribution in [-0.4, -0.2) is 22.1 Å². The molecule has 1 aliphatic rings. The summed E-state index contributed by atoms with van der Waals surface area (Å²) in [5.74, 6) is -0.218. The Kier molecular flexibility index (Phi) is 1.53. The lowest BCUT2D eigenvalue weighted by atomic mass is 10.0. The molecule has 3 heteroatoms. The smallest absolute Gasteiger partial charge is 0.161 e. The molecule has 0 saturated carbocycles. The van der Waals surface area contributed by atoms with E-state index in [1.807, 2.05) is 0 Å². The maximum Gasteiger partial charge on any atom is 0.161 e. The lowest BCUT2D eigenvalue weighted by molar-refractivity contribution is -0.117. The molecule has 0 amide bonds. The molecule has 2 N–H and O–H groups in total. The van der Waals surface area contributed by atoms with Crippen LogP contribution in [0, 0.1) is 0 Å². The number of hydrogen-bond acceptors (Lipinski definition) is 3. The first kappa shape index (κ1) is 6.29. The maximum absolute atomic E-state index is 10.5. The predicted molar refractivity (Wildman–Crippen MR) is 31.0 cm³/mol. The Morgan fingerprint density at radius 3 is 2.67 bits per heavy atom. The zero-order valence-electron chi connectivity index (χ0n) is 4.87. The van der Waals surface area contributed by atoms with E-state index in [0.717, 1.165) is 6.08 Å². The third-order valence-corrected chi connectivity index (χ3v) is 1.21. The molecule has 0 heterocycles. The van der Waals surface area contributed by atoms with E-state index in [4.69, 9.17) is 10.2 Å². The van der Waals surface area contributed by atoms with Crippen molar-refractivity contribution in [1.82, 2.24) is 0 Å². The quantitative estimate of drug-likeness (QED) is 0.488. The van der Waals surface area contributed by atoms with Crippen molar-refractivity contribution < 1.29 is 15.0 Å². The molecular formula is C6H8O3. The molecule has 50 valence electrons. The van der Waals surface area contributed by atoms with Crippen LogP contribution in [0.1, 0.15) is 12.8 Å². The molecule has 0 spiro atoms. The van der Waals surface area contributed by atoms with E-state index in [0.29, 0.717) is 0 Å². The number of allylic oxidation sites excluding steroid dienone is 1. The van der Waals surface area contributed by atoms with Crippen molar-refractivity contribution in [1.29, 1.82) is 0 Å². The minimum Gasteiger partial charge on any atom is -0.512 e. The van der Waals surface area contributed by atoms with Crippen LogP contribution in [0.5, 0.6) is 0 Å². The first-order chi connectivity index (χ1) is 4.18. The van der Waals surface area contributed by atoms with Crippen molar-refractivity contribution in [3.8, 4) is 0 Å². The molecule has 3 nitrogen and oxygen atoms in total. The highest BCUT2D eigenvalue weighted by Gasteiger charge is 2.16. The van der Waals surface area contributed by atoms with Gasteiger partial charge in [0.2, 0.25) is 0 Å². The molecular weight excluding hydrogens is 120 g/mol. The van der Waals surface area contributed by atoms with Crippen molar-refractivity contribution in [2.24, 2.45) is 0 Å². The molecule has 0 aromatic carbocycles. The molecule has 0 fully saturated rings. The highest BCUT2D eigenvalue weighted by atomic mass is 16.3. The average Bonchev–Trinajstić information content (AvgIpc) is 1.59. The van der Waals surface area contributed by atoms with Gasteiger partial charge in [0.15, 0.2) is 5.78 Å². The van der Waals surface area contributed by atoms with Crippen LogP contribution >= 0.6 is 0 Å². The van der Waals surface area contributed by atoms with Crippen molar-refractivity contribution in [3.63, 3.8) is 0 Å². The Balaban J connectivity index is 2.67. The highest BCUT2D eigenvalue weighted by molar-refractivity contribution is 5.91. The van der Waals surface area contributed by atoms with Gasteiger partial charge in [-0.15, -0.1) is 0 Å². The monoisotopic (exact) mass is 128 g/mol. The SMILES string of the molecule is O=C1C=C(O)CC(O)C1. The summed E-state index contributed by atoms with van der Waals surface area (Å²) < 4.78 is 0. The lowest BCUT2D eigenvalue weighted by Gasteiger charge is -2.11. The Bertz CT molecular complexity index is 160. The maximum atomic E-state index is 10.5. The molecule has 0 aromatic rings. The first-order valence-electron chi connectivity index (χ1n) is 2.79.